The van der Waals surface area contributed by atoms with Crippen molar-refractivity contribution in [3.63, 3.8) is 0 Å². The first-order chi connectivity index (χ1) is 8.27. The summed E-state index contributed by atoms with van der Waals surface area (Å²) in [4.78, 5) is 5.00. The van der Waals surface area contributed by atoms with Gasteiger partial charge in [-0.1, -0.05) is 40.9 Å². The molecule has 0 spiro atoms. The molecule has 0 unspecified atom stereocenters. The Morgan fingerprint density at radius 2 is 2.06 bits per heavy atom. The van der Waals surface area contributed by atoms with Gasteiger partial charge in [-0.25, -0.2) is 0 Å². The summed E-state index contributed by atoms with van der Waals surface area (Å²) < 4.78 is 5.35. The Kier molecular flexibility index (Phi) is 5.84. The van der Waals surface area contributed by atoms with Crippen LogP contribution in [0.25, 0.3) is 0 Å². The Balaban J connectivity index is 2.78. The average Bonchev–Trinajstić information content (AvgIpc) is 2.35. The summed E-state index contributed by atoms with van der Waals surface area (Å²) in [6.07, 6.45) is 5.10. The molecule has 0 saturated heterocycles. The number of aryl methyl sites for hydroxylation is 1. The zero-order valence-electron chi connectivity index (χ0n) is 10.3. The Bertz CT molecular complexity index is 401. The van der Waals surface area contributed by atoms with Crippen LogP contribution in [0.3, 0.4) is 0 Å². The molecule has 0 aliphatic rings. The lowest BCUT2D eigenvalue weighted by atomic mass is 10.1. The first-order valence-corrected chi connectivity index (χ1v) is 5.55. The van der Waals surface area contributed by atoms with Crippen molar-refractivity contribution in [2.24, 2.45) is 5.16 Å². The van der Waals surface area contributed by atoms with E-state index < -0.39 is 0 Å². The van der Waals surface area contributed by atoms with Crippen LogP contribution < -0.4 is 0 Å². The summed E-state index contributed by atoms with van der Waals surface area (Å²) in [5.74, 6) is 2.37. The van der Waals surface area contributed by atoms with Gasteiger partial charge in [-0.3, -0.25) is 0 Å². The van der Waals surface area contributed by atoms with Crippen molar-refractivity contribution < 1.29 is 9.57 Å². The van der Waals surface area contributed by atoms with E-state index >= 15 is 0 Å². The predicted octanol–water partition coefficient (Wildman–Crippen LogP) is 2.39. The summed E-state index contributed by atoms with van der Waals surface area (Å²) in [5.41, 5.74) is 2.94. The number of benzene rings is 1. The minimum absolute atomic E-state index is 0.168. The topological polar surface area (TPSA) is 30.8 Å². The van der Waals surface area contributed by atoms with E-state index in [1.807, 2.05) is 38.1 Å². The van der Waals surface area contributed by atoms with Crippen LogP contribution in [0.15, 0.2) is 29.4 Å². The fourth-order valence-electron chi connectivity index (χ4n) is 1.25. The van der Waals surface area contributed by atoms with Crippen molar-refractivity contribution in [1.82, 2.24) is 0 Å². The van der Waals surface area contributed by atoms with Crippen LogP contribution in [0, 0.1) is 19.3 Å². The van der Waals surface area contributed by atoms with Crippen LogP contribution in [0.2, 0.25) is 0 Å². The molecule has 0 heterocycles. The lowest BCUT2D eigenvalue weighted by molar-refractivity contribution is 0.162. The molecule has 17 heavy (non-hydrogen) atoms. The van der Waals surface area contributed by atoms with Gasteiger partial charge in [0.2, 0.25) is 0 Å². The number of terminal acetylenes is 1. The standard InChI is InChI=1S/C14H17NO2/c1-4-10-17-15-14(11-16-5-2)13-8-6-12(3)7-9-13/h1,6-9H,5,10-11H2,2-3H3. The minimum Gasteiger partial charge on any atom is -0.382 e. The second-order valence-electron chi connectivity index (χ2n) is 3.52. The molecule has 1 aromatic rings. The smallest absolute Gasteiger partial charge is 0.177 e. The number of ether oxygens (including phenoxy) is 1. The molecule has 0 N–H and O–H groups in total. The Morgan fingerprint density at radius 3 is 2.65 bits per heavy atom. The molecule has 1 aromatic carbocycles. The van der Waals surface area contributed by atoms with Gasteiger partial charge >= 0.3 is 0 Å². The minimum atomic E-state index is 0.168. The number of hydrogen-bond donors (Lipinski definition) is 0. The lowest BCUT2D eigenvalue weighted by Gasteiger charge is -2.06. The first kappa shape index (κ1) is 13.3. The van der Waals surface area contributed by atoms with Crippen molar-refractivity contribution in [3.05, 3.63) is 35.4 Å². The molecule has 0 aromatic heterocycles. The zero-order chi connectivity index (χ0) is 12.5. The molecule has 0 saturated carbocycles. The maximum Gasteiger partial charge on any atom is 0.177 e. The number of nitrogens with zero attached hydrogens (tertiary/aromatic N) is 1. The molecule has 0 fully saturated rings. The van der Waals surface area contributed by atoms with Gasteiger partial charge in [-0.2, -0.15) is 0 Å². The number of oxime groups is 1. The Labute approximate surface area is 102 Å². The maximum atomic E-state index is 5.35. The first-order valence-electron chi connectivity index (χ1n) is 5.55. The van der Waals surface area contributed by atoms with Gasteiger partial charge in [-0.05, 0) is 13.8 Å². The van der Waals surface area contributed by atoms with Crippen molar-refractivity contribution >= 4 is 5.71 Å². The quantitative estimate of drug-likeness (QED) is 0.326. The highest BCUT2D eigenvalue weighted by Gasteiger charge is 2.04. The van der Waals surface area contributed by atoms with E-state index in [0.717, 1.165) is 11.3 Å². The Hall–Kier alpha value is -1.79. The molecule has 0 aliphatic carbocycles. The van der Waals surface area contributed by atoms with Crippen molar-refractivity contribution in [1.29, 1.82) is 0 Å². The molecule has 0 bridgehead atoms. The van der Waals surface area contributed by atoms with Gasteiger partial charge in [0.15, 0.2) is 6.61 Å². The molecule has 90 valence electrons. The van der Waals surface area contributed by atoms with E-state index in [1.165, 1.54) is 5.56 Å². The molecule has 3 heteroatoms. The molecule has 0 radical (unpaired) electrons. The third kappa shape index (κ3) is 4.71. The molecule has 0 amide bonds. The highest BCUT2D eigenvalue weighted by molar-refractivity contribution is 6.01. The fraction of sp³-hybridized carbons (Fsp3) is 0.357. The van der Waals surface area contributed by atoms with Crippen molar-refractivity contribution in [3.8, 4) is 12.3 Å². The summed E-state index contributed by atoms with van der Waals surface area (Å²) >= 11 is 0. The Morgan fingerprint density at radius 1 is 1.35 bits per heavy atom. The second kappa shape index (κ2) is 7.48. The van der Waals surface area contributed by atoms with Crippen LogP contribution in [0.1, 0.15) is 18.1 Å². The van der Waals surface area contributed by atoms with Gasteiger partial charge in [0.1, 0.15) is 5.71 Å². The largest absolute Gasteiger partial charge is 0.382 e. The van der Waals surface area contributed by atoms with E-state index in [9.17, 15) is 0 Å². The van der Waals surface area contributed by atoms with Crippen LogP contribution in [0.5, 0.6) is 0 Å². The van der Waals surface area contributed by atoms with Gasteiger partial charge in [0, 0.05) is 12.2 Å². The summed E-state index contributed by atoms with van der Waals surface area (Å²) in [6, 6.07) is 8.04. The van der Waals surface area contributed by atoms with Gasteiger partial charge in [-0.15, -0.1) is 6.42 Å². The average molecular weight is 231 g/mol. The maximum absolute atomic E-state index is 5.35. The van der Waals surface area contributed by atoms with E-state index in [2.05, 4.69) is 11.1 Å². The molecule has 3 nitrogen and oxygen atoms in total. The third-order valence-electron chi connectivity index (χ3n) is 2.15. The fourth-order valence-corrected chi connectivity index (χ4v) is 1.25. The summed E-state index contributed by atoms with van der Waals surface area (Å²) in [5, 5.41) is 4.00. The number of hydrogen-bond acceptors (Lipinski definition) is 3. The van der Waals surface area contributed by atoms with Crippen LogP contribution in [-0.4, -0.2) is 25.5 Å². The van der Waals surface area contributed by atoms with E-state index in [4.69, 9.17) is 16.0 Å². The van der Waals surface area contributed by atoms with Gasteiger partial charge in [0.25, 0.3) is 0 Å². The zero-order valence-corrected chi connectivity index (χ0v) is 10.3. The van der Waals surface area contributed by atoms with Crippen LogP contribution >= 0.6 is 0 Å². The van der Waals surface area contributed by atoms with Gasteiger partial charge < -0.3 is 9.57 Å². The molecular weight excluding hydrogens is 214 g/mol. The summed E-state index contributed by atoms with van der Waals surface area (Å²) in [7, 11) is 0. The number of rotatable bonds is 6. The lowest BCUT2D eigenvalue weighted by Crippen LogP contribution is -2.11. The second-order valence-corrected chi connectivity index (χ2v) is 3.52. The van der Waals surface area contributed by atoms with Crippen molar-refractivity contribution in [2.45, 2.75) is 13.8 Å². The molecule has 1 rings (SSSR count). The predicted molar refractivity (Wildman–Crippen MR) is 69.0 cm³/mol. The molecular formula is C14H17NO2. The van der Waals surface area contributed by atoms with Gasteiger partial charge in [0.05, 0.1) is 6.61 Å². The SMILES string of the molecule is C#CCON=C(COCC)c1ccc(C)cc1. The highest BCUT2D eigenvalue weighted by atomic mass is 16.6. The van der Waals surface area contributed by atoms with E-state index in [-0.39, 0.29) is 6.61 Å². The normalized spacial score (nSPS) is 11.0. The van der Waals surface area contributed by atoms with Crippen molar-refractivity contribution in [2.75, 3.05) is 19.8 Å². The molecule has 0 atom stereocenters. The van der Waals surface area contributed by atoms with Crippen LogP contribution in [0.4, 0.5) is 0 Å². The molecule has 0 aliphatic heterocycles. The van der Waals surface area contributed by atoms with E-state index in [1.54, 1.807) is 0 Å². The monoisotopic (exact) mass is 231 g/mol. The summed E-state index contributed by atoms with van der Waals surface area (Å²) in [6.45, 7) is 5.21. The highest BCUT2D eigenvalue weighted by Crippen LogP contribution is 2.06. The van der Waals surface area contributed by atoms with Crippen LogP contribution in [-0.2, 0) is 9.57 Å². The third-order valence-corrected chi connectivity index (χ3v) is 2.15. The van der Waals surface area contributed by atoms with E-state index in [0.29, 0.717) is 13.2 Å².